The van der Waals surface area contributed by atoms with Crippen molar-refractivity contribution in [2.75, 3.05) is 16.0 Å². The fourth-order valence-electron chi connectivity index (χ4n) is 13.3. The fraction of sp³-hybridized carbons (Fsp3) is 0.0755. The quantitative estimate of drug-likeness (QED) is 0.0130. The van der Waals surface area contributed by atoms with Crippen LogP contribution in [0.2, 0.25) is 50.2 Å². The zero-order chi connectivity index (χ0) is 97.0. The Labute approximate surface area is 837 Å². The minimum absolute atomic E-state index is 0.0243. The highest BCUT2D eigenvalue weighted by Crippen LogP contribution is 2.35. The van der Waals surface area contributed by atoms with Gasteiger partial charge >= 0.3 is 0 Å². The van der Waals surface area contributed by atoms with Gasteiger partial charge in [-0.25, -0.2) is 0 Å². The van der Waals surface area contributed by atoms with Crippen molar-refractivity contribution in [3.05, 3.63) is 500 Å². The zero-order valence-corrected chi connectivity index (χ0v) is 79.9. The van der Waals surface area contributed by atoms with Crippen LogP contribution in [0.3, 0.4) is 0 Å². The van der Waals surface area contributed by atoms with Crippen LogP contribution in [-0.4, -0.2) is 66.8 Å². The molecule has 0 aliphatic carbocycles. The lowest BCUT2D eigenvalue weighted by molar-refractivity contribution is -0.121. The summed E-state index contributed by atoms with van der Waals surface area (Å²) in [5, 5.41) is 41.5. The summed E-state index contributed by atoms with van der Waals surface area (Å²) in [6.45, 7) is 1.89. The van der Waals surface area contributed by atoms with E-state index in [9.17, 15) is 19.2 Å². The first-order valence-electron chi connectivity index (χ1n) is 41.7. The maximum absolute atomic E-state index is 13.0. The van der Waals surface area contributed by atoms with Crippen LogP contribution in [0.4, 0.5) is 17.1 Å². The molecule has 2 amide bonds. The molecule has 20 nitrogen and oxygen atoms in total. The lowest BCUT2D eigenvalue weighted by Gasteiger charge is -2.21. The summed E-state index contributed by atoms with van der Waals surface area (Å²) in [5.41, 5.74) is 30.9. The molecule has 5 unspecified atom stereocenters. The van der Waals surface area contributed by atoms with E-state index in [0.717, 1.165) is 50.1 Å². The summed E-state index contributed by atoms with van der Waals surface area (Å²) >= 11 is 60.4. The van der Waals surface area contributed by atoms with Crippen LogP contribution in [0.25, 0.3) is 11.4 Å². The second-order valence-electron chi connectivity index (χ2n) is 30.0. The van der Waals surface area contributed by atoms with Crippen LogP contribution in [0.15, 0.2) is 382 Å². The number of aryl methyl sites for hydroxylation is 1. The number of ether oxygens (including phenoxy) is 1. The predicted octanol–water partition coefficient (Wildman–Crippen LogP) is 26.2. The largest absolute Gasteiger partial charge is 0.423 e. The summed E-state index contributed by atoms with van der Waals surface area (Å²) in [5.74, 6) is -1.98. The van der Waals surface area contributed by atoms with Gasteiger partial charge in [-0.05, 0) is 191 Å². The number of amides is 2. The zero-order valence-electron chi connectivity index (χ0n) is 72.4. The average molecular weight is 2010 g/mol. The van der Waals surface area contributed by atoms with Crippen molar-refractivity contribution in [1.82, 2.24) is 25.3 Å². The van der Waals surface area contributed by atoms with Gasteiger partial charge in [0, 0.05) is 89.4 Å². The van der Waals surface area contributed by atoms with Gasteiger partial charge in [0.1, 0.15) is 29.8 Å². The Kier molecular flexibility index (Phi) is 39.4. The number of halogens is 10. The SMILES string of the molecule is Cc1cncc(C(=N)NC(=O)C(Cc2ccc(Cl)c(Cl)c2)c2ccccc2)c1.N=C(OC(=N)C(Nc1ccc(Cl)c(Cl)c1)c1ccccc1)c1cccnc1.NC(=CC(=O)C(Nc1ccc(Cl)c(Cl)c1)c1ccccc1)c1ccccc1.NC(=CC(=O)C(Nc1ccc(Cl)c(Cl)c1)c1ccccc1)c1ccccn1.NC(=NC(=O)C(Cc1ccc(Cl)c(Cl)c1)c1ccccc1)c1ccncc1. The topological polar surface area (TPSA) is 339 Å². The Morgan fingerprint density at radius 3 is 1.20 bits per heavy atom. The first-order chi connectivity index (χ1) is 65.6. The van der Waals surface area contributed by atoms with Crippen LogP contribution in [0.1, 0.15) is 102 Å². The van der Waals surface area contributed by atoms with Crippen LogP contribution < -0.4 is 38.5 Å². The van der Waals surface area contributed by atoms with Crippen molar-refractivity contribution >= 4 is 191 Å². The van der Waals surface area contributed by atoms with E-state index in [1.807, 2.05) is 213 Å². The average Bonchev–Trinajstić information content (AvgIpc) is 0.847. The van der Waals surface area contributed by atoms with E-state index >= 15 is 0 Å². The van der Waals surface area contributed by atoms with Crippen molar-refractivity contribution in [2.45, 2.75) is 49.7 Å². The number of carbonyl (C=O) groups excluding carboxylic acids is 4. The van der Waals surface area contributed by atoms with E-state index in [1.54, 1.807) is 152 Å². The molecular formula is C106H87Cl10N15O5. The van der Waals surface area contributed by atoms with Gasteiger partial charge in [0.2, 0.25) is 17.7 Å². The molecule has 15 rings (SSSR count). The smallest absolute Gasteiger partial charge is 0.255 e. The molecule has 0 bridgehead atoms. The number of rotatable bonds is 27. The number of aromatic nitrogens is 4. The van der Waals surface area contributed by atoms with E-state index in [0.29, 0.717) is 114 Å². The van der Waals surface area contributed by atoms with Crippen LogP contribution in [0, 0.1) is 23.2 Å². The van der Waals surface area contributed by atoms with Crippen molar-refractivity contribution in [3.63, 3.8) is 0 Å². The molecule has 0 aliphatic rings. The summed E-state index contributed by atoms with van der Waals surface area (Å²) < 4.78 is 5.48. The minimum atomic E-state index is -0.634. The number of carbonyl (C=O) groups is 4. The van der Waals surface area contributed by atoms with Crippen molar-refractivity contribution in [1.29, 1.82) is 16.2 Å². The van der Waals surface area contributed by atoms with Gasteiger partial charge in [-0.2, -0.15) is 4.99 Å². The molecule has 11 aromatic carbocycles. The Balaban J connectivity index is 0.000000163. The molecule has 15 aromatic rings. The third-order valence-corrected chi connectivity index (χ3v) is 23.9. The number of ketones is 2. The molecule has 0 saturated carbocycles. The Morgan fingerprint density at radius 2 is 0.765 bits per heavy atom. The lowest BCUT2D eigenvalue weighted by atomic mass is 9.91. The number of hydrogen-bond acceptors (Lipinski definition) is 17. The van der Waals surface area contributed by atoms with E-state index in [4.69, 9.17) is 154 Å². The van der Waals surface area contributed by atoms with Gasteiger partial charge in [-0.15, -0.1) is 0 Å². The molecule has 30 heteroatoms. The molecule has 4 aromatic heterocycles. The van der Waals surface area contributed by atoms with Gasteiger partial charge in [0.25, 0.3) is 5.91 Å². The molecule has 13 N–H and O–H groups in total. The van der Waals surface area contributed by atoms with E-state index in [1.165, 1.54) is 18.3 Å². The standard InChI is InChI=1S/C22H19Cl2N3O.C22H18Cl2N2O.2C21H17Cl2N3O.C20H16Cl2N4O/c1-14-9-17(13-26-12-14)21(25)27-22(28)18(16-5-3-2-4-6-16)10-15-7-8-19(23)20(24)11-15;23-18-12-11-17(13-19(18)24)26-22(16-9-5-2-6-10-16)21(27)14-20(25)15-7-3-1-4-8-15;22-16-10-9-15(12-17(16)23)26-21(14-6-2-1-3-7-14)20(27)13-18(24)19-8-4-5-11-25-19;22-18-7-6-14(13-19(18)23)12-17(15-4-2-1-3-5-15)21(27)26-20(24)16-8-10-25-11-9-16;21-16-9-8-15(11-17(16)22)26-18(13-5-2-1-3-6-13)20(24)27-19(23)14-7-4-10-25-12-14/h2-9,11-13,18H,10H2,1H3,(H2,25,27,28);1-14,22,26H,25H2;1-13,21,26H,24H2;1-11,13,17H,12H2,(H2,24,26,27);1-12,18,23-24,26H. The summed E-state index contributed by atoms with van der Waals surface area (Å²) in [4.78, 5) is 72.3. The number of pyridine rings is 4. The summed E-state index contributed by atoms with van der Waals surface area (Å²) in [7, 11) is 0. The molecule has 0 fully saturated rings. The lowest BCUT2D eigenvalue weighted by Crippen LogP contribution is -2.35. The van der Waals surface area contributed by atoms with Gasteiger partial charge in [-0.3, -0.25) is 55.3 Å². The molecule has 686 valence electrons. The number of anilines is 3. The number of nitrogens with two attached hydrogens (primary N) is 3. The molecule has 5 atom stereocenters. The summed E-state index contributed by atoms with van der Waals surface area (Å²) in [6.07, 6.45) is 14.9. The van der Waals surface area contributed by atoms with Crippen LogP contribution in [-0.2, 0) is 36.8 Å². The minimum Gasteiger partial charge on any atom is -0.423 e. The van der Waals surface area contributed by atoms with Crippen molar-refractivity contribution in [3.8, 4) is 0 Å². The monoisotopic (exact) mass is 2000 g/mol. The molecule has 0 spiro atoms. The number of nitrogens with one attached hydrogen (secondary N) is 7. The van der Waals surface area contributed by atoms with Crippen molar-refractivity contribution < 1.29 is 23.9 Å². The Morgan fingerprint density at radius 1 is 0.368 bits per heavy atom. The number of amidine groups is 2. The fourth-order valence-corrected chi connectivity index (χ4v) is 14.8. The van der Waals surface area contributed by atoms with E-state index in [2.05, 4.69) is 46.2 Å². The molecular weight excluding hydrogens is 1920 g/mol. The maximum Gasteiger partial charge on any atom is 0.255 e. The number of nitrogens with zero attached hydrogens (tertiary/aromatic N) is 5. The number of hydrogen-bond donors (Lipinski definition) is 10. The highest BCUT2D eigenvalue weighted by molar-refractivity contribution is 6.44. The number of benzene rings is 11. The third kappa shape index (κ3) is 31.4. The highest BCUT2D eigenvalue weighted by atomic mass is 35.5. The third-order valence-electron chi connectivity index (χ3n) is 20.2. The van der Waals surface area contributed by atoms with Gasteiger partial charge < -0.3 is 43.2 Å². The molecule has 0 aliphatic heterocycles. The van der Waals surface area contributed by atoms with Gasteiger partial charge in [0.05, 0.1) is 79.0 Å². The van der Waals surface area contributed by atoms with Gasteiger partial charge in [-0.1, -0.05) is 316 Å². The molecule has 136 heavy (non-hydrogen) atoms. The highest BCUT2D eigenvalue weighted by Gasteiger charge is 2.28. The second kappa shape index (κ2) is 52.1. The van der Waals surface area contributed by atoms with E-state index < -0.39 is 30.0 Å². The van der Waals surface area contributed by atoms with Crippen LogP contribution >= 0.6 is 116 Å². The number of aliphatic imine (C=N–C) groups is 1. The molecule has 0 radical (unpaired) electrons. The normalized spacial score (nSPS) is 12.1. The second-order valence-corrected chi connectivity index (χ2v) is 34.1. The summed E-state index contributed by atoms with van der Waals surface area (Å²) in [6, 6.07) is 94.8. The molecule has 0 saturated heterocycles. The first-order valence-corrected chi connectivity index (χ1v) is 45.5. The molecule has 4 heterocycles. The Bertz CT molecular complexity index is 6320. The first kappa shape index (κ1) is 103. The maximum atomic E-state index is 13.0. The van der Waals surface area contributed by atoms with E-state index in [-0.39, 0.29) is 46.8 Å². The predicted molar refractivity (Wildman–Crippen MR) is 555 cm³/mol. The van der Waals surface area contributed by atoms with Gasteiger partial charge in [0.15, 0.2) is 11.6 Å². The Hall–Kier alpha value is -13.8. The van der Waals surface area contributed by atoms with Crippen molar-refractivity contribution in [2.24, 2.45) is 22.2 Å². The van der Waals surface area contributed by atoms with Crippen LogP contribution in [0.5, 0.6) is 0 Å².